The van der Waals surface area contributed by atoms with E-state index < -0.39 is 11.9 Å². The highest BCUT2D eigenvalue weighted by atomic mass is 16.4. The second-order valence-electron chi connectivity index (χ2n) is 3.23. The summed E-state index contributed by atoms with van der Waals surface area (Å²) < 4.78 is 0. The Balaban J connectivity index is 2.82. The van der Waals surface area contributed by atoms with Crippen LogP contribution in [0.25, 0.3) is 0 Å². The molecule has 5 heteroatoms. The van der Waals surface area contributed by atoms with Crippen molar-refractivity contribution in [1.82, 2.24) is 0 Å². The summed E-state index contributed by atoms with van der Waals surface area (Å²) in [6.45, 7) is 0. The molecule has 0 spiro atoms. The van der Waals surface area contributed by atoms with E-state index >= 15 is 0 Å². The summed E-state index contributed by atoms with van der Waals surface area (Å²) in [6.07, 6.45) is 1.75. The van der Waals surface area contributed by atoms with Gasteiger partial charge in [-0.25, -0.2) is 4.79 Å². The van der Waals surface area contributed by atoms with Gasteiger partial charge in [-0.05, 0) is 24.3 Å². The maximum absolute atomic E-state index is 11.5. The monoisotopic (exact) mass is 230 g/mol. The van der Waals surface area contributed by atoms with Crippen LogP contribution in [-0.2, 0) is 9.59 Å². The average molecular weight is 230 g/mol. The topological polar surface area (TPSA) is 81.4 Å². The number of nitriles is 1. The third-order valence-corrected chi connectivity index (χ3v) is 2.08. The van der Waals surface area contributed by atoms with E-state index in [1.54, 1.807) is 24.3 Å². The molecular formula is C12H10N2O3. The van der Waals surface area contributed by atoms with Crippen LogP contribution < -0.4 is 4.90 Å². The predicted molar refractivity (Wildman–Crippen MR) is 61.3 cm³/mol. The molecule has 0 saturated heterocycles. The molecule has 0 aromatic heterocycles. The first-order valence-electron chi connectivity index (χ1n) is 4.73. The third-order valence-electron chi connectivity index (χ3n) is 2.08. The van der Waals surface area contributed by atoms with Crippen molar-refractivity contribution in [2.45, 2.75) is 0 Å². The lowest BCUT2D eigenvalue weighted by Crippen LogP contribution is -2.24. The van der Waals surface area contributed by atoms with Gasteiger partial charge in [-0.3, -0.25) is 4.79 Å². The lowest BCUT2D eigenvalue weighted by Gasteiger charge is -2.14. The fourth-order valence-corrected chi connectivity index (χ4v) is 1.14. The van der Waals surface area contributed by atoms with Crippen molar-refractivity contribution in [3.63, 3.8) is 0 Å². The maximum atomic E-state index is 11.5. The van der Waals surface area contributed by atoms with Crippen molar-refractivity contribution >= 4 is 17.6 Å². The van der Waals surface area contributed by atoms with Crippen molar-refractivity contribution in [2.24, 2.45) is 0 Å². The minimum atomic E-state index is -1.17. The van der Waals surface area contributed by atoms with Crippen LogP contribution in [0, 0.1) is 11.3 Å². The van der Waals surface area contributed by atoms with Crippen molar-refractivity contribution < 1.29 is 14.7 Å². The predicted octanol–water partition coefficient (Wildman–Crippen LogP) is 1.16. The summed E-state index contributed by atoms with van der Waals surface area (Å²) in [5, 5.41) is 17.0. The zero-order chi connectivity index (χ0) is 12.8. The van der Waals surface area contributed by atoms with Crippen molar-refractivity contribution in [3.8, 4) is 6.07 Å². The summed E-state index contributed by atoms with van der Waals surface area (Å²) in [6, 6.07) is 8.37. The zero-order valence-electron chi connectivity index (χ0n) is 9.12. The number of hydrogen-bond donors (Lipinski definition) is 1. The Labute approximate surface area is 98.2 Å². The quantitative estimate of drug-likeness (QED) is 0.790. The van der Waals surface area contributed by atoms with Crippen LogP contribution in [-0.4, -0.2) is 24.0 Å². The van der Waals surface area contributed by atoms with Gasteiger partial charge in [0.25, 0.3) is 5.91 Å². The van der Waals surface area contributed by atoms with Crippen molar-refractivity contribution in [3.05, 3.63) is 42.0 Å². The molecule has 1 N–H and O–H groups in total. The Hall–Kier alpha value is -2.61. The van der Waals surface area contributed by atoms with Crippen LogP contribution in [0.4, 0.5) is 5.69 Å². The molecule has 0 fully saturated rings. The molecule has 0 aliphatic heterocycles. The van der Waals surface area contributed by atoms with Crippen LogP contribution >= 0.6 is 0 Å². The number of rotatable bonds is 3. The highest BCUT2D eigenvalue weighted by Crippen LogP contribution is 2.13. The summed E-state index contributed by atoms with van der Waals surface area (Å²) in [5.41, 5.74) is 1.08. The average Bonchev–Trinajstić information content (AvgIpc) is 2.35. The van der Waals surface area contributed by atoms with E-state index in [1.165, 1.54) is 11.9 Å². The maximum Gasteiger partial charge on any atom is 0.328 e. The summed E-state index contributed by atoms with van der Waals surface area (Å²) in [7, 11) is 1.52. The number of carboxylic acids is 1. The van der Waals surface area contributed by atoms with Crippen molar-refractivity contribution in [2.75, 3.05) is 11.9 Å². The van der Waals surface area contributed by atoms with E-state index in [0.29, 0.717) is 11.3 Å². The number of hydrogen-bond acceptors (Lipinski definition) is 3. The summed E-state index contributed by atoms with van der Waals surface area (Å²) in [4.78, 5) is 23.1. The number of carboxylic acid groups (broad SMARTS) is 1. The molecule has 0 aliphatic rings. The highest BCUT2D eigenvalue weighted by molar-refractivity contribution is 6.03. The Morgan fingerprint density at radius 1 is 1.29 bits per heavy atom. The molecular weight excluding hydrogens is 220 g/mol. The molecule has 17 heavy (non-hydrogen) atoms. The third kappa shape index (κ3) is 3.47. The van der Waals surface area contributed by atoms with Gasteiger partial charge in [0.2, 0.25) is 0 Å². The molecule has 0 heterocycles. The summed E-state index contributed by atoms with van der Waals surface area (Å²) in [5.74, 6) is -1.62. The lowest BCUT2D eigenvalue weighted by atomic mass is 10.2. The van der Waals surface area contributed by atoms with Crippen LogP contribution in [0.2, 0.25) is 0 Å². The minimum absolute atomic E-state index is 0.447. The standard InChI is InChI=1S/C12H10N2O3/c1-14(11(15)6-7-12(16)17)10-4-2-9(8-13)3-5-10/h2-7H,1H3,(H,16,17). The first kappa shape index (κ1) is 12.5. The Bertz CT molecular complexity index is 497. The molecule has 1 rings (SSSR count). The van der Waals surface area contributed by atoms with Gasteiger partial charge in [-0.2, -0.15) is 5.26 Å². The van der Waals surface area contributed by atoms with Gasteiger partial charge >= 0.3 is 5.97 Å². The number of carbonyl (C=O) groups excluding carboxylic acids is 1. The number of benzene rings is 1. The fourth-order valence-electron chi connectivity index (χ4n) is 1.14. The van der Waals surface area contributed by atoms with Gasteiger partial charge in [0.05, 0.1) is 11.6 Å². The van der Waals surface area contributed by atoms with Gasteiger partial charge in [-0.15, -0.1) is 0 Å². The second-order valence-corrected chi connectivity index (χ2v) is 3.23. The molecule has 1 aromatic rings. The number of likely N-dealkylation sites (N-methyl/N-ethyl adjacent to an activating group) is 1. The minimum Gasteiger partial charge on any atom is -0.478 e. The number of amides is 1. The molecule has 0 aliphatic carbocycles. The first-order valence-corrected chi connectivity index (χ1v) is 4.73. The normalized spacial score (nSPS) is 9.88. The number of anilines is 1. The molecule has 1 amide bonds. The molecule has 5 nitrogen and oxygen atoms in total. The van der Waals surface area contributed by atoms with Crippen LogP contribution in [0.3, 0.4) is 0 Å². The van der Waals surface area contributed by atoms with Crippen LogP contribution in [0.15, 0.2) is 36.4 Å². The SMILES string of the molecule is CN(C(=O)C=CC(=O)O)c1ccc(C#N)cc1. The van der Waals surface area contributed by atoms with E-state index in [-0.39, 0.29) is 0 Å². The van der Waals surface area contributed by atoms with Crippen LogP contribution in [0.1, 0.15) is 5.56 Å². The van der Waals surface area contributed by atoms with Crippen LogP contribution in [0.5, 0.6) is 0 Å². The molecule has 1 aromatic carbocycles. The number of carbonyl (C=O) groups is 2. The van der Waals surface area contributed by atoms with Gasteiger partial charge in [0, 0.05) is 24.9 Å². The lowest BCUT2D eigenvalue weighted by molar-refractivity contribution is -0.131. The van der Waals surface area contributed by atoms with Gasteiger partial charge in [0.1, 0.15) is 0 Å². The van der Waals surface area contributed by atoms with Gasteiger partial charge in [0.15, 0.2) is 0 Å². The zero-order valence-corrected chi connectivity index (χ0v) is 9.12. The Kier molecular flexibility index (Phi) is 4.01. The number of nitrogens with zero attached hydrogens (tertiary/aromatic N) is 2. The largest absolute Gasteiger partial charge is 0.478 e. The summed E-state index contributed by atoms with van der Waals surface area (Å²) >= 11 is 0. The number of aliphatic carboxylic acids is 1. The van der Waals surface area contributed by atoms with E-state index in [9.17, 15) is 9.59 Å². The van der Waals surface area contributed by atoms with Crippen molar-refractivity contribution in [1.29, 1.82) is 5.26 Å². The van der Waals surface area contributed by atoms with E-state index in [4.69, 9.17) is 10.4 Å². The highest BCUT2D eigenvalue weighted by Gasteiger charge is 2.07. The molecule has 0 bridgehead atoms. The van der Waals surface area contributed by atoms with E-state index in [0.717, 1.165) is 12.2 Å². The van der Waals surface area contributed by atoms with E-state index in [2.05, 4.69) is 0 Å². The molecule has 0 atom stereocenters. The van der Waals surface area contributed by atoms with Gasteiger partial charge < -0.3 is 10.0 Å². The molecule has 0 radical (unpaired) electrons. The Morgan fingerprint density at radius 3 is 2.35 bits per heavy atom. The molecule has 0 unspecified atom stereocenters. The van der Waals surface area contributed by atoms with E-state index in [1.807, 2.05) is 6.07 Å². The Morgan fingerprint density at radius 2 is 1.88 bits per heavy atom. The molecule has 0 saturated carbocycles. The second kappa shape index (κ2) is 5.47. The molecule has 86 valence electrons. The fraction of sp³-hybridized carbons (Fsp3) is 0.0833. The first-order chi connectivity index (χ1) is 8.04. The van der Waals surface area contributed by atoms with Gasteiger partial charge in [-0.1, -0.05) is 0 Å². The smallest absolute Gasteiger partial charge is 0.328 e.